The van der Waals surface area contributed by atoms with Gasteiger partial charge in [0.2, 0.25) is 0 Å². The number of likely N-dealkylation sites (tertiary alicyclic amines) is 1. The Bertz CT molecular complexity index is 819. The van der Waals surface area contributed by atoms with Crippen LogP contribution in [0, 0.1) is 0 Å². The van der Waals surface area contributed by atoms with Crippen molar-refractivity contribution >= 4 is 11.9 Å². The summed E-state index contributed by atoms with van der Waals surface area (Å²) in [6.45, 7) is 3.33. The molecule has 0 amide bonds. The van der Waals surface area contributed by atoms with Gasteiger partial charge in [-0.2, -0.15) is 0 Å². The second-order valence-electron chi connectivity index (χ2n) is 6.82. The maximum absolute atomic E-state index is 9.64. The Morgan fingerprint density at radius 2 is 2.00 bits per heavy atom. The molecule has 0 saturated carbocycles. The monoisotopic (exact) mass is 333 g/mol. The third kappa shape index (κ3) is 3.64. The van der Waals surface area contributed by atoms with E-state index in [9.17, 15) is 5.11 Å². The summed E-state index contributed by atoms with van der Waals surface area (Å²) in [5, 5.41) is 9.64. The van der Waals surface area contributed by atoms with E-state index in [0.29, 0.717) is 0 Å². The van der Waals surface area contributed by atoms with Crippen LogP contribution in [0.1, 0.15) is 36.1 Å². The Kier molecular flexibility index (Phi) is 4.61. The van der Waals surface area contributed by atoms with Gasteiger partial charge in [-0.3, -0.25) is 14.9 Å². The lowest BCUT2D eigenvalue weighted by atomic mass is 10.1. The zero-order valence-corrected chi connectivity index (χ0v) is 14.4. The Morgan fingerprint density at radius 1 is 1.12 bits per heavy atom. The molecule has 0 unspecified atom stereocenters. The molecule has 4 heteroatoms. The number of piperidine rings is 1. The minimum atomic E-state index is 0.264. The van der Waals surface area contributed by atoms with E-state index in [-0.39, 0.29) is 5.75 Å². The Morgan fingerprint density at radius 3 is 2.84 bits per heavy atom. The summed E-state index contributed by atoms with van der Waals surface area (Å²) >= 11 is 0. The van der Waals surface area contributed by atoms with Gasteiger partial charge >= 0.3 is 0 Å². The molecule has 0 atom stereocenters. The second kappa shape index (κ2) is 7.19. The van der Waals surface area contributed by atoms with Crippen molar-refractivity contribution in [1.82, 2.24) is 9.88 Å². The number of phenolic OH excluding ortho intramolecular Hbond substituents is 1. The predicted octanol–water partition coefficient (Wildman–Crippen LogP) is 3.66. The summed E-state index contributed by atoms with van der Waals surface area (Å²) in [4.78, 5) is 11.9. The largest absolute Gasteiger partial charge is 0.508 e. The Hall–Kier alpha value is -2.46. The maximum Gasteiger partial charge on any atom is 0.116 e. The molecule has 2 heterocycles. The van der Waals surface area contributed by atoms with Crippen molar-refractivity contribution in [2.24, 2.45) is 4.99 Å². The lowest BCUT2D eigenvalue weighted by molar-refractivity contribution is 0.246. The van der Waals surface area contributed by atoms with E-state index in [1.807, 2.05) is 30.6 Å². The van der Waals surface area contributed by atoms with Crippen LogP contribution in [0.25, 0.3) is 5.70 Å². The van der Waals surface area contributed by atoms with Gasteiger partial charge in [-0.05, 0) is 61.3 Å². The van der Waals surface area contributed by atoms with Crippen LogP contribution >= 0.6 is 0 Å². The molecular formula is C21H23N3O. The number of aromatic hydroxyl groups is 1. The lowest BCUT2D eigenvalue weighted by Crippen LogP contribution is -2.31. The molecule has 2 aromatic rings. The van der Waals surface area contributed by atoms with Gasteiger partial charge in [0.1, 0.15) is 5.75 Å². The third-order valence-corrected chi connectivity index (χ3v) is 4.94. The zero-order valence-electron chi connectivity index (χ0n) is 14.4. The topological polar surface area (TPSA) is 48.7 Å². The van der Waals surface area contributed by atoms with Gasteiger partial charge in [-0.15, -0.1) is 0 Å². The third-order valence-electron chi connectivity index (χ3n) is 4.94. The summed E-state index contributed by atoms with van der Waals surface area (Å²) in [6.07, 6.45) is 8.52. The lowest BCUT2D eigenvalue weighted by Gasteiger charge is -2.27. The summed E-state index contributed by atoms with van der Waals surface area (Å²) in [5.41, 5.74) is 5.58. The number of fused-ring (bicyclic) bond motifs is 1. The normalized spacial score (nSPS) is 18.1. The van der Waals surface area contributed by atoms with Crippen LogP contribution in [0.15, 0.2) is 53.2 Å². The molecule has 4 nitrogen and oxygen atoms in total. The highest BCUT2D eigenvalue weighted by Gasteiger charge is 2.24. The van der Waals surface area contributed by atoms with E-state index < -0.39 is 0 Å². The fourth-order valence-electron chi connectivity index (χ4n) is 3.69. The Labute approximate surface area is 148 Å². The highest BCUT2D eigenvalue weighted by Crippen LogP contribution is 2.33. The number of hydrogen-bond acceptors (Lipinski definition) is 4. The molecule has 1 aliphatic heterocycles. The fourth-order valence-corrected chi connectivity index (χ4v) is 3.69. The van der Waals surface area contributed by atoms with Crippen LogP contribution in [0.3, 0.4) is 0 Å². The molecule has 0 spiro atoms. The Balaban J connectivity index is 1.63. The molecule has 25 heavy (non-hydrogen) atoms. The molecular weight excluding hydrogens is 310 g/mol. The van der Waals surface area contributed by atoms with Gasteiger partial charge in [-0.1, -0.05) is 18.6 Å². The summed E-state index contributed by atoms with van der Waals surface area (Å²) in [6, 6.07) is 11.3. The number of benzene rings is 1. The van der Waals surface area contributed by atoms with Gasteiger partial charge in [0.15, 0.2) is 0 Å². The molecule has 1 aromatic carbocycles. The molecule has 4 rings (SSSR count). The first-order valence-electron chi connectivity index (χ1n) is 9.01. The quantitative estimate of drug-likeness (QED) is 0.869. The van der Waals surface area contributed by atoms with Gasteiger partial charge in [-0.25, -0.2) is 0 Å². The molecule has 128 valence electrons. The highest BCUT2D eigenvalue weighted by atomic mass is 16.3. The van der Waals surface area contributed by atoms with Gasteiger partial charge < -0.3 is 5.11 Å². The van der Waals surface area contributed by atoms with Crippen LogP contribution in [-0.2, 0) is 6.42 Å². The van der Waals surface area contributed by atoms with Crippen LogP contribution in [0.5, 0.6) is 5.75 Å². The van der Waals surface area contributed by atoms with E-state index in [2.05, 4.69) is 16.0 Å². The first kappa shape index (κ1) is 16.0. The molecule has 1 N–H and O–H groups in total. The minimum absolute atomic E-state index is 0.264. The van der Waals surface area contributed by atoms with Crippen LogP contribution in [-0.4, -0.2) is 40.8 Å². The molecule has 1 fully saturated rings. The molecule has 2 aliphatic rings. The van der Waals surface area contributed by atoms with Crippen molar-refractivity contribution in [2.75, 3.05) is 19.6 Å². The van der Waals surface area contributed by atoms with Crippen LogP contribution < -0.4 is 0 Å². The van der Waals surface area contributed by atoms with Crippen molar-refractivity contribution in [2.45, 2.75) is 25.7 Å². The van der Waals surface area contributed by atoms with E-state index in [4.69, 9.17) is 4.99 Å². The number of nitrogens with zero attached hydrogens (tertiary/aromatic N) is 3. The van der Waals surface area contributed by atoms with E-state index in [0.717, 1.165) is 35.5 Å². The summed E-state index contributed by atoms with van der Waals surface area (Å²) in [7, 11) is 0. The van der Waals surface area contributed by atoms with Crippen molar-refractivity contribution in [1.29, 1.82) is 0 Å². The maximum atomic E-state index is 9.64. The number of rotatable bonds is 4. The fraction of sp³-hybridized carbons (Fsp3) is 0.333. The number of hydrogen-bond donors (Lipinski definition) is 1. The van der Waals surface area contributed by atoms with E-state index >= 15 is 0 Å². The molecule has 1 saturated heterocycles. The number of pyridine rings is 1. The van der Waals surface area contributed by atoms with Crippen LogP contribution in [0.2, 0.25) is 0 Å². The van der Waals surface area contributed by atoms with Crippen molar-refractivity contribution in [3.63, 3.8) is 0 Å². The SMILES string of the molecule is Oc1cccc(/C=N/C2=C(CN3CCCCC3)Cc3ncccc32)c1. The smallest absolute Gasteiger partial charge is 0.116 e. The number of aliphatic imine (C=N–C) groups is 1. The van der Waals surface area contributed by atoms with Gasteiger partial charge in [0.25, 0.3) is 0 Å². The first-order chi connectivity index (χ1) is 12.3. The number of phenols is 1. The van der Waals surface area contributed by atoms with Crippen molar-refractivity contribution < 1.29 is 5.11 Å². The van der Waals surface area contributed by atoms with E-state index in [1.165, 1.54) is 37.9 Å². The molecule has 1 aliphatic carbocycles. The van der Waals surface area contributed by atoms with E-state index in [1.54, 1.807) is 12.1 Å². The second-order valence-corrected chi connectivity index (χ2v) is 6.82. The first-order valence-corrected chi connectivity index (χ1v) is 9.01. The van der Waals surface area contributed by atoms with Crippen molar-refractivity contribution in [3.8, 4) is 5.75 Å². The molecule has 1 aromatic heterocycles. The average Bonchev–Trinajstić information content (AvgIpc) is 2.98. The van der Waals surface area contributed by atoms with Crippen LogP contribution in [0.4, 0.5) is 0 Å². The van der Waals surface area contributed by atoms with Gasteiger partial charge in [0, 0.05) is 30.9 Å². The summed E-state index contributed by atoms with van der Waals surface area (Å²) in [5.74, 6) is 0.264. The predicted molar refractivity (Wildman–Crippen MR) is 101 cm³/mol. The number of aromatic nitrogens is 1. The molecule has 0 bridgehead atoms. The minimum Gasteiger partial charge on any atom is -0.508 e. The van der Waals surface area contributed by atoms with Crippen molar-refractivity contribution in [3.05, 3.63) is 65.0 Å². The standard InChI is InChI=1S/C21H23N3O/c25-18-7-4-6-16(12-18)14-23-21-17(15-24-10-2-1-3-11-24)13-20-19(21)8-5-9-22-20/h4-9,12,14,25H,1-3,10-11,13,15H2/b23-14+. The van der Waals surface area contributed by atoms with Gasteiger partial charge in [0.05, 0.1) is 11.4 Å². The zero-order chi connectivity index (χ0) is 17.1. The molecule has 0 radical (unpaired) electrons. The summed E-state index contributed by atoms with van der Waals surface area (Å²) < 4.78 is 0. The highest BCUT2D eigenvalue weighted by molar-refractivity contribution is 5.88. The average molecular weight is 333 g/mol.